The first-order valence-corrected chi connectivity index (χ1v) is 7.19. The molecule has 0 fully saturated rings. The summed E-state index contributed by atoms with van der Waals surface area (Å²) in [5.74, 6) is 0. The van der Waals surface area contributed by atoms with Gasteiger partial charge in [0.15, 0.2) is 0 Å². The number of nitrogens with one attached hydrogen (secondary N) is 1. The summed E-state index contributed by atoms with van der Waals surface area (Å²) in [7, 11) is 0. The molecule has 0 saturated carbocycles. The van der Waals surface area contributed by atoms with Crippen LogP contribution in [0.15, 0.2) is 18.2 Å². The fourth-order valence-corrected chi connectivity index (χ4v) is 2.33. The van der Waals surface area contributed by atoms with Gasteiger partial charge in [0.05, 0.1) is 10.0 Å². The van der Waals surface area contributed by atoms with E-state index in [1.807, 2.05) is 18.2 Å². The van der Waals surface area contributed by atoms with Gasteiger partial charge in [-0.1, -0.05) is 43.1 Å². The first-order valence-electron chi connectivity index (χ1n) is 6.44. The molecule has 2 N–H and O–H groups in total. The van der Waals surface area contributed by atoms with E-state index >= 15 is 0 Å². The smallest absolute Gasteiger partial charge is 0.0595 e. The van der Waals surface area contributed by atoms with Gasteiger partial charge < -0.3 is 10.4 Å². The van der Waals surface area contributed by atoms with Crippen molar-refractivity contribution in [3.05, 3.63) is 33.8 Å². The summed E-state index contributed by atoms with van der Waals surface area (Å²) in [6.07, 6.45) is 2.74. The largest absolute Gasteiger partial charge is 0.396 e. The maximum absolute atomic E-state index is 9.03. The van der Waals surface area contributed by atoms with E-state index in [2.05, 4.69) is 19.2 Å². The van der Waals surface area contributed by atoms with E-state index < -0.39 is 0 Å². The number of aliphatic hydroxyl groups excluding tert-OH is 1. The molecule has 0 aliphatic rings. The predicted molar refractivity (Wildman–Crippen MR) is 78.4 cm³/mol. The Morgan fingerprint density at radius 2 is 1.89 bits per heavy atom. The minimum atomic E-state index is 0.212. The number of benzene rings is 1. The number of hydrogen-bond acceptors (Lipinski definition) is 2. The average molecular weight is 290 g/mol. The van der Waals surface area contributed by atoms with Crippen molar-refractivity contribution in [2.24, 2.45) is 0 Å². The van der Waals surface area contributed by atoms with Crippen LogP contribution in [0.5, 0.6) is 0 Å². The number of halogens is 2. The maximum atomic E-state index is 9.03. The molecule has 4 heteroatoms. The van der Waals surface area contributed by atoms with Crippen molar-refractivity contribution in [1.82, 2.24) is 5.32 Å². The summed E-state index contributed by atoms with van der Waals surface area (Å²) in [5, 5.41) is 13.8. The molecule has 102 valence electrons. The van der Waals surface area contributed by atoms with Gasteiger partial charge >= 0.3 is 0 Å². The molecule has 0 aromatic heterocycles. The van der Waals surface area contributed by atoms with E-state index in [1.165, 1.54) is 0 Å². The van der Waals surface area contributed by atoms with Crippen molar-refractivity contribution < 1.29 is 5.11 Å². The van der Waals surface area contributed by atoms with E-state index in [9.17, 15) is 0 Å². The summed E-state index contributed by atoms with van der Waals surface area (Å²) in [5.41, 5.74) is 1.14. The van der Waals surface area contributed by atoms with Crippen molar-refractivity contribution in [1.29, 1.82) is 0 Å². The zero-order valence-electron chi connectivity index (χ0n) is 10.9. The lowest BCUT2D eigenvalue weighted by atomic mass is 10.0. The second-order valence-corrected chi connectivity index (χ2v) is 5.23. The lowest BCUT2D eigenvalue weighted by Gasteiger charge is -2.24. The standard InChI is InChI=1S/C14H21Cl2NO/c1-3-11(7-8-18)17-14(4-2)10-5-6-12(15)13(16)9-10/h5-6,9,11,14,17-18H,3-4,7-8H2,1-2H3. The summed E-state index contributed by atoms with van der Waals surface area (Å²) in [6.45, 7) is 4.46. The van der Waals surface area contributed by atoms with Crippen LogP contribution >= 0.6 is 23.2 Å². The molecule has 1 aromatic rings. The van der Waals surface area contributed by atoms with Gasteiger partial charge in [-0.3, -0.25) is 0 Å². The van der Waals surface area contributed by atoms with Crippen molar-refractivity contribution in [3.8, 4) is 0 Å². The summed E-state index contributed by atoms with van der Waals surface area (Å²) < 4.78 is 0. The Labute approximate surface area is 119 Å². The van der Waals surface area contributed by atoms with Crippen molar-refractivity contribution in [2.75, 3.05) is 6.61 Å². The van der Waals surface area contributed by atoms with Crippen LogP contribution in [-0.2, 0) is 0 Å². The van der Waals surface area contributed by atoms with Gasteiger partial charge in [-0.05, 0) is 37.0 Å². The molecule has 0 radical (unpaired) electrons. The van der Waals surface area contributed by atoms with Gasteiger partial charge in [0.25, 0.3) is 0 Å². The number of aliphatic hydroxyl groups is 1. The van der Waals surface area contributed by atoms with E-state index in [1.54, 1.807) is 0 Å². The van der Waals surface area contributed by atoms with Crippen molar-refractivity contribution in [3.63, 3.8) is 0 Å². The first-order chi connectivity index (χ1) is 8.62. The van der Waals surface area contributed by atoms with Crippen LogP contribution in [0.3, 0.4) is 0 Å². The van der Waals surface area contributed by atoms with Crippen molar-refractivity contribution in [2.45, 2.75) is 45.2 Å². The summed E-state index contributed by atoms with van der Waals surface area (Å²) >= 11 is 12.0. The van der Waals surface area contributed by atoms with Crippen LogP contribution in [-0.4, -0.2) is 17.8 Å². The van der Waals surface area contributed by atoms with Gasteiger partial charge in [-0.25, -0.2) is 0 Å². The average Bonchev–Trinajstić information content (AvgIpc) is 2.38. The lowest BCUT2D eigenvalue weighted by molar-refractivity contribution is 0.254. The molecule has 0 heterocycles. The lowest BCUT2D eigenvalue weighted by Crippen LogP contribution is -2.33. The second-order valence-electron chi connectivity index (χ2n) is 4.42. The Balaban J connectivity index is 2.78. The van der Waals surface area contributed by atoms with Crippen LogP contribution < -0.4 is 5.32 Å². The zero-order valence-corrected chi connectivity index (χ0v) is 12.4. The van der Waals surface area contributed by atoms with Gasteiger partial charge in [-0.2, -0.15) is 0 Å². The molecule has 2 unspecified atom stereocenters. The SMILES string of the molecule is CCC(CCO)NC(CC)c1ccc(Cl)c(Cl)c1. The highest BCUT2D eigenvalue weighted by molar-refractivity contribution is 6.42. The molecular weight excluding hydrogens is 269 g/mol. The molecule has 18 heavy (non-hydrogen) atoms. The van der Waals surface area contributed by atoms with Crippen LogP contribution in [0, 0.1) is 0 Å². The third-order valence-electron chi connectivity index (χ3n) is 3.16. The van der Waals surface area contributed by atoms with Gasteiger partial charge in [0.1, 0.15) is 0 Å². The Kier molecular flexibility index (Phi) is 7.02. The molecule has 0 saturated heterocycles. The van der Waals surface area contributed by atoms with Crippen LogP contribution in [0.25, 0.3) is 0 Å². The van der Waals surface area contributed by atoms with Gasteiger partial charge in [0, 0.05) is 18.7 Å². The van der Waals surface area contributed by atoms with E-state index in [4.69, 9.17) is 28.3 Å². The van der Waals surface area contributed by atoms with Gasteiger partial charge in [0.2, 0.25) is 0 Å². The fraction of sp³-hybridized carbons (Fsp3) is 0.571. The maximum Gasteiger partial charge on any atom is 0.0595 e. The molecule has 0 aliphatic heterocycles. The fourth-order valence-electron chi connectivity index (χ4n) is 2.02. The molecule has 2 nitrogen and oxygen atoms in total. The second kappa shape index (κ2) is 8.00. The molecule has 0 bridgehead atoms. The first kappa shape index (κ1) is 15.8. The highest BCUT2D eigenvalue weighted by Gasteiger charge is 2.15. The Bertz CT molecular complexity index is 371. The summed E-state index contributed by atoms with van der Waals surface area (Å²) in [6, 6.07) is 6.32. The summed E-state index contributed by atoms with van der Waals surface area (Å²) in [4.78, 5) is 0. The van der Waals surface area contributed by atoms with Crippen LogP contribution in [0.1, 0.15) is 44.7 Å². The molecular formula is C14H21Cl2NO. The third-order valence-corrected chi connectivity index (χ3v) is 3.90. The molecule has 0 spiro atoms. The van der Waals surface area contributed by atoms with E-state index in [0.29, 0.717) is 16.1 Å². The van der Waals surface area contributed by atoms with Crippen LogP contribution in [0.4, 0.5) is 0 Å². The minimum absolute atomic E-state index is 0.212. The van der Waals surface area contributed by atoms with Gasteiger partial charge in [-0.15, -0.1) is 0 Å². The molecule has 1 aromatic carbocycles. The minimum Gasteiger partial charge on any atom is -0.396 e. The quantitative estimate of drug-likeness (QED) is 0.789. The van der Waals surface area contributed by atoms with E-state index in [-0.39, 0.29) is 12.6 Å². The highest BCUT2D eigenvalue weighted by Crippen LogP contribution is 2.27. The molecule has 2 atom stereocenters. The molecule has 0 aliphatic carbocycles. The molecule has 1 rings (SSSR count). The topological polar surface area (TPSA) is 32.3 Å². The normalized spacial score (nSPS) is 14.5. The Morgan fingerprint density at radius 3 is 2.39 bits per heavy atom. The Morgan fingerprint density at radius 1 is 1.17 bits per heavy atom. The monoisotopic (exact) mass is 289 g/mol. The Hall–Kier alpha value is -0.280. The van der Waals surface area contributed by atoms with Crippen molar-refractivity contribution >= 4 is 23.2 Å². The number of hydrogen-bond donors (Lipinski definition) is 2. The third kappa shape index (κ3) is 4.43. The zero-order chi connectivity index (χ0) is 13.5. The molecule has 0 amide bonds. The number of rotatable bonds is 7. The van der Waals surface area contributed by atoms with E-state index in [0.717, 1.165) is 24.8 Å². The highest BCUT2D eigenvalue weighted by atomic mass is 35.5. The predicted octanol–water partition coefficient (Wildman–Crippen LogP) is 4.20. The van der Waals surface area contributed by atoms with Crippen LogP contribution in [0.2, 0.25) is 10.0 Å².